The molecule has 0 aliphatic rings. The van der Waals surface area contributed by atoms with Crippen molar-refractivity contribution in [2.45, 2.75) is 6.04 Å². The highest BCUT2D eigenvalue weighted by molar-refractivity contribution is 5.85. The molecule has 2 rings (SSSR count). The predicted octanol–water partition coefficient (Wildman–Crippen LogP) is 2.95. The zero-order valence-corrected chi connectivity index (χ0v) is 11.4. The summed E-state index contributed by atoms with van der Waals surface area (Å²) in [4.78, 5) is 11.3. The first-order chi connectivity index (χ1) is 8.72. The van der Waals surface area contributed by atoms with Gasteiger partial charge in [-0.05, 0) is 16.7 Å². The number of hydrogen-bond donors (Lipinski definition) is 1. The molecule has 4 heteroatoms. The van der Waals surface area contributed by atoms with E-state index < -0.39 is 12.0 Å². The van der Waals surface area contributed by atoms with Crippen molar-refractivity contribution in [2.24, 2.45) is 5.73 Å². The van der Waals surface area contributed by atoms with Crippen LogP contribution in [0.1, 0.15) is 11.6 Å². The van der Waals surface area contributed by atoms with E-state index >= 15 is 0 Å². The number of nitrogens with two attached hydrogens (primary N) is 1. The summed E-state index contributed by atoms with van der Waals surface area (Å²) >= 11 is 0. The van der Waals surface area contributed by atoms with E-state index in [9.17, 15) is 4.79 Å². The third-order valence-corrected chi connectivity index (χ3v) is 2.83. The van der Waals surface area contributed by atoms with Crippen LogP contribution in [0, 0.1) is 0 Å². The molecule has 1 atom stereocenters. The van der Waals surface area contributed by atoms with Crippen LogP contribution in [0.2, 0.25) is 0 Å². The first kappa shape index (κ1) is 15.2. The molecule has 3 nitrogen and oxygen atoms in total. The van der Waals surface area contributed by atoms with E-state index in [2.05, 4.69) is 4.74 Å². The average molecular weight is 278 g/mol. The van der Waals surface area contributed by atoms with Crippen molar-refractivity contribution in [1.82, 2.24) is 0 Å². The van der Waals surface area contributed by atoms with Gasteiger partial charge in [-0.15, -0.1) is 12.4 Å². The summed E-state index contributed by atoms with van der Waals surface area (Å²) in [6.45, 7) is 0. The second-order valence-corrected chi connectivity index (χ2v) is 3.99. The lowest BCUT2D eigenvalue weighted by Crippen LogP contribution is -2.22. The van der Waals surface area contributed by atoms with Gasteiger partial charge in [-0.2, -0.15) is 0 Å². The second-order valence-electron chi connectivity index (χ2n) is 3.99. The van der Waals surface area contributed by atoms with Crippen LogP contribution in [0.4, 0.5) is 0 Å². The predicted molar refractivity (Wildman–Crippen MR) is 78.1 cm³/mol. The van der Waals surface area contributed by atoms with Gasteiger partial charge in [-0.1, -0.05) is 54.6 Å². The zero-order valence-electron chi connectivity index (χ0n) is 10.6. The minimum Gasteiger partial charge on any atom is -0.468 e. The summed E-state index contributed by atoms with van der Waals surface area (Å²) in [5.74, 6) is -0.428. The Morgan fingerprint density at radius 2 is 1.53 bits per heavy atom. The van der Waals surface area contributed by atoms with Crippen LogP contribution in [0.25, 0.3) is 11.1 Å². The van der Waals surface area contributed by atoms with Gasteiger partial charge < -0.3 is 10.5 Å². The molecule has 0 heterocycles. The quantitative estimate of drug-likeness (QED) is 0.878. The minimum atomic E-state index is -0.722. The summed E-state index contributed by atoms with van der Waals surface area (Å²) < 4.78 is 4.62. The van der Waals surface area contributed by atoms with Crippen molar-refractivity contribution in [3.8, 4) is 11.1 Å². The van der Waals surface area contributed by atoms with E-state index in [4.69, 9.17) is 5.73 Å². The molecular formula is C15H16ClNO2. The fraction of sp³-hybridized carbons (Fsp3) is 0.133. The summed E-state index contributed by atoms with van der Waals surface area (Å²) in [6, 6.07) is 16.9. The third kappa shape index (κ3) is 3.56. The highest BCUT2D eigenvalue weighted by Crippen LogP contribution is 2.21. The highest BCUT2D eigenvalue weighted by Gasteiger charge is 2.15. The first-order valence-corrected chi connectivity index (χ1v) is 5.71. The van der Waals surface area contributed by atoms with Crippen LogP contribution >= 0.6 is 12.4 Å². The van der Waals surface area contributed by atoms with Crippen LogP contribution in [0.3, 0.4) is 0 Å². The van der Waals surface area contributed by atoms with E-state index in [0.29, 0.717) is 0 Å². The number of hydrogen-bond acceptors (Lipinski definition) is 3. The Balaban J connectivity index is 0.00000180. The van der Waals surface area contributed by atoms with Crippen molar-refractivity contribution in [1.29, 1.82) is 0 Å². The highest BCUT2D eigenvalue weighted by atomic mass is 35.5. The fourth-order valence-electron chi connectivity index (χ4n) is 1.78. The zero-order chi connectivity index (χ0) is 13.0. The lowest BCUT2D eigenvalue weighted by atomic mass is 10.0. The van der Waals surface area contributed by atoms with Crippen molar-refractivity contribution in [3.63, 3.8) is 0 Å². The maximum absolute atomic E-state index is 11.3. The Labute approximate surface area is 118 Å². The molecular weight excluding hydrogens is 262 g/mol. The molecule has 2 N–H and O–H groups in total. The van der Waals surface area contributed by atoms with E-state index in [1.807, 2.05) is 54.6 Å². The number of benzene rings is 2. The smallest absolute Gasteiger partial charge is 0.327 e. The SMILES string of the molecule is COC(=O)[C@H](N)c1ccc(-c2ccccc2)cc1.Cl. The molecule has 0 aliphatic heterocycles. The van der Waals surface area contributed by atoms with Gasteiger partial charge in [0.1, 0.15) is 6.04 Å². The summed E-state index contributed by atoms with van der Waals surface area (Å²) in [5.41, 5.74) is 8.74. The van der Waals surface area contributed by atoms with Crippen LogP contribution in [-0.4, -0.2) is 13.1 Å². The van der Waals surface area contributed by atoms with Gasteiger partial charge in [-0.25, -0.2) is 0 Å². The van der Waals surface area contributed by atoms with Crippen LogP contribution < -0.4 is 5.73 Å². The molecule has 0 aliphatic carbocycles. The van der Waals surface area contributed by atoms with E-state index in [0.717, 1.165) is 16.7 Å². The number of halogens is 1. The van der Waals surface area contributed by atoms with Crippen molar-refractivity contribution >= 4 is 18.4 Å². The standard InChI is InChI=1S/C15H15NO2.ClH/c1-18-15(17)14(16)13-9-7-12(8-10-13)11-5-3-2-4-6-11;/h2-10,14H,16H2,1H3;1H/t14-;/m1./s1. The molecule has 0 spiro atoms. The number of carbonyl (C=O) groups excluding carboxylic acids is 1. The van der Waals surface area contributed by atoms with Gasteiger partial charge in [0.2, 0.25) is 0 Å². The number of carbonyl (C=O) groups is 1. The molecule has 19 heavy (non-hydrogen) atoms. The lowest BCUT2D eigenvalue weighted by Gasteiger charge is -2.10. The lowest BCUT2D eigenvalue weighted by molar-refractivity contribution is -0.142. The molecule has 0 saturated carbocycles. The van der Waals surface area contributed by atoms with Crippen LogP contribution in [-0.2, 0) is 9.53 Å². The molecule has 0 amide bonds. The summed E-state index contributed by atoms with van der Waals surface area (Å²) in [7, 11) is 1.33. The third-order valence-electron chi connectivity index (χ3n) is 2.83. The van der Waals surface area contributed by atoms with Gasteiger partial charge in [0.25, 0.3) is 0 Å². The molecule has 2 aromatic rings. The van der Waals surface area contributed by atoms with Gasteiger partial charge in [0, 0.05) is 0 Å². The van der Waals surface area contributed by atoms with E-state index in [-0.39, 0.29) is 12.4 Å². The van der Waals surface area contributed by atoms with Gasteiger partial charge in [0.15, 0.2) is 0 Å². The second kappa shape index (κ2) is 6.92. The van der Waals surface area contributed by atoms with Gasteiger partial charge in [-0.3, -0.25) is 4.79 Å². The molecule has 0 radical (unpaired) electrons. The maximum atomic E-state index is 11.3. The first-order valence-electron chi connectivity index (χ1n) is 5.71. The van der Waals surface area contributed by atoms with Gasteiger partial charge in [0.05, 0.1) is 7.11 Å². The van der Waals surface area contributed by atoms with Crippen molar-refractivity contribution in [3.05, 3.63) is 60.2 Å². The Kier molecular flexibility index (Phi) is 5.55. The van der Waals surface area contributed by atoms with Crippen LogP contribution in [0.5, 0.6) is 0 Å². The number of esters is 1. The molecule has 0 aromatic heterocycles. The molecule has 0 unspecified atom stereocenters. The summed E-state index contributed by atoms with van der Waals surface area (Å²) in [5, 5.41) is 0. The Bertz CT molecular complexity index is 526. The average Bonchev–Trinajstić information content (AvgIpc) is 2.47. The largest absolute Gasteiger partial charge is 0.468 e. The monoisotopic (exact) mass is 277 g/mol. The maximum Gasteiger partial charge on any atom is 0.327 e. The van der Waals surface area contributed by atoms with Gasteiger partial charge >= 0.3 is 5.97 Å². The Hall–Kier alpha value is -1.84. The Morgan fingerprint density at radius 3 is 2.05 bits per heavy atom. The molecule has 0 bridgehead atoms. The normalized spacial score (nSPS) is 11.3. The summed E-state index contributed by atoms with van der Waals surface area (Å²) in [6.07, 6.45) is 0. The fourth-order valence-corrected chi connectivity index (χ4v) is 1.78. The molecule has 0 saturated heterocycles. The number of rotatable bonds is 3. The molecule has 100 valence electrons. The molecule has 2 aromatic carbocycles. The van der Waals surface area contributed by atoms with Crippen molar-refractivity contribution in [2.75, 3.05) is 7.11 Å². The van der Waals surface area contributed by atoms with Crippen molar-refractivity contribution < 1.29 is 9.53 Å². The van der Waals surface area contributed by atoms with E-state index in [1.165, 1.54) is 7.11 Å². The van der Waals surface area contributed by atoms with E-state index in [1.54, 1.807) is 0 Å². The number of ether oxygens (including phenoxy) is 1. The minimum absolute atomic E-state index is 0. The number of methoxy groups -OCH3 is 1. The topological polar surface area (TPSA) is 52.3 Å². The van der Waals surface area contributed by atoms with Crippen LogP contribution in [0.15, 0.2) is 54.6 Å². The Morgan fingerprint density at radius 1 is 1.00 bits per heavy atom. The molecule has 0 fully saturated rings.